The van der Waals surface area contributed by atoms with Gasteiger partial charge in [-0.1, -0.05) is 25.1 Å². The van der Waals surface area contributed by atoms with Crippen molar-refractivity contribution in [3.05, 3.63) is 0 Å². The van der Waals surface area contributed by atoms with Crippen LogP contribution in [0.2, 0.25) is 0 Å². The molecule has 4 nitrogen and oxygen atoms in total. The minimum absolute atomic E-state index is 0.0175. The molecule has 3 N–H and O–H groups in total. The largest absolute Gasteiger partial charge is 0.392 e. The highest BCUT2D eigenvalue weighted by atomic mass is 32.2. The Morgan fingerprint density at radius 2 is 2.21 bits per heavy atom. The maximum absolute atomic E-state index is 11.5. The summed E-state index contributed by atoms with van der Waals surface area (Å²) >= 11 is 4.64. The molecule has 0 aliphatic heterocycles. The Morgan fingerprint density at radius 3 is 2.64 bits per heavy atom. The molecule has 14 heavy (non-hydrogen) atoms. The van der Waals surface area contributed by atoms with Gasteiger partial charge >= 0.3 is 0 Å². The Kier molecular flexibility index (Phi) is 3.86. The number of nitrogens with one attached hydrogen (secondary N) is 1. The van der Waals surface area contributed by atoms with Crippen molar-refractivity contribution in [1.29, 1.82) is 0 Å². The van der Waals surface area contributed by atoms with Crippen LogP contribution in [0, 0.1) is 5.92 Å². The molecule has 1 aliphatic carbocycles. The smallest absolute Gasteiger partial charge is 0.220 e. The lowest BCUT2D eigenvalue weighted by atomic mass is 10.3. The van der Waals surface area contributed by atoms with E-state index in [2.05, 4.69) is 16.9 Å². The van der Waals surface area contributed by atoms with Gasteiger partial charge in [0.25, 0.3) is 0 Å². The minimum Gasteiger partial charge on any atom is -0.392 e. The van der Waals surface area contributed by atoms with Crippen LogP contribution in [-0.4, -0.2) is 25.2 Å². The molecule has 0 spiro atoms. The fraction of sp³-hybridized carbons (Fsp3) is 0.875. The average molecular weight is 236 g/mol. The first kappa shape index (κ1) is 11.9. The van der Waals surface area contributed by atoms with Crippen LogP contribution in [-0.2, 0) is 10.0 Å². The van der Waals surface area contributed by atoms with E-state index in [0.717, 1.165) is 12.3 Å². The second kappa shape index (κ2) is 4.55. The van der Waals surface area contributed by atoms with Crippen LogP contribution in [0.1, 0.15) is 26.2 Å². The van der Waals surface area contributed by atoms with Crippen LogP contribution in [0.4, 0.5) is 0 Å². The number of thiocarbonyl (C=S) groups is 1. The maximum atomic E-state index is 11.5. The van der Waals surface area contributed by atoms with Gasteiger partial charge in [-0.2, -0.15) is 0 Å². The zero-order valence-electron chi connectivity index (χ0n) is 8.19. The Balaban J connectivity index is 2.35. The molecule has 1 unspecified atom stereocenters. The molecule has 0 aromatic rings. The van der Waals surface area contributed by atoms with Crippen molar-refractivity contribution in [3.63, 3.8) is 0 Å². The second-order valence-corrected chi connectivity index (χ2v) is 6.27. The van der Waals surface area contributed by atoms with Gasteiger partial charge in [0.2, 0.25) is 10.0 Å². The molecule has 6 heteroatoms. The lowest BCUT2D eigenvalue weighted by Crippen LogP contribution is -2.40. The normalized spacial score (nSPS) is 19.2. The molecule has 0 bridgehead atoms. The van der Waals surface area contributed by atoms with Gasteiger partial charge in [-0.05, 0) is 19.3 Å². The lowest BCUT2D eigenvalue weighted by molar-refractivity contribution is 0.572. The Labute approximate surface area is 90.3 Å². The molecule has 0 aromatic heterocycles. The predicted molar refractivity (Wildman–Crippen MR) is 60.5 cm³/mol. The average Bonchev–Trinajstić information content (AvgIpc) is 2.86. The standard InChI is InChI=1S/C8H16N2O2S2/c1-6(8(9)13)14(11,12)10-5-4-7-2-3-7/h6-7,10H,2-5H2,1H3,(H2,9,13). The molecule has 1 saturated carbocycles. The molecule has 0 amide bonds. The molecule has 1 fully saturated rings. The van der Waals surface area contributed by atoms with Crippen LogP contribution >= 0.6 is 12.2 Å². The number of sulfonamides is 1. The van der Waals surface area contributed by atoms with E-state index < -0.39 is 15.3 Å². The molecule has 82 valence electrons. The van der Waals surface area contributed by atoms with Crippen molar-refractivity contribution in [1.82, 2.24) is 4.72 Å². The summed E-state index contributed by atoms with van der Waals surface area (Å²) in [6, 6.07) is 0. The van der Waals surface area contributed by atoms with Gasteiger partial charge in [0.1, 0.15) is 5.25 Å². The zero-order chi connectivity index (χ0) is 10.8. The number of hydrogen-bond donors (Lipinski definition) is 2. The van der Waals surface area contributed by atoms with Crippen molar-refractivity contribution in [2.75, 3.05) is 6.54 Å². The van der Waals surface area contributed by atoms with E-state index in [1.54, 1.807) is 0 Å². The molecule has 0 aromatic carbocycles. The van der Waals surface area contributed by atoms with Gasteiger partial charge in [0, 0.05) is 6.54 Å². The predicted octanol–water partition coefficient (Wildman–Crippen LogP) is 0.380. The second-order valence-electron chi connectivity index (χ2n) is 3.72. The monoisotopic (exact) mass is 236 g/mol. The Bertz CT molecular complexity index is 309. The van der Waals surface area contributed by atoms with Crippen molar-refractivity contribution in [2.45, 2.75) is 31.4 Å². The van der Waals surface area contributed by atoms with E-state index in [1.165, 1.54) is 19.8 Å². The number of nitrogens with two attached hydrogens (primary N) is 1. The first-order chi connectivity index (χ1) is 6.43. The third kappa shape index (κ3) is 3.51. The molecule has 1 aliphatic rings. The van der Waals surface area contributed by atoms with E-state index in [9.17, 15) is 8.42 Å². The third-order valence-electron chi connectivity index (χ3n) is 2.42. The fourth-order valence-corrected chi connectivity index (χ4v) is 2.43. The summed E-state index contributed by atoms with van der Waals surface area (Å²) in [5.74, 6) is 0.720. The van der Waals surface area contributed by atoms with Gasteiger partial charge in [-0.3, -0.25) is 0 Å². The number of rotatable bonds is 6. The van der Waals surface area contributed by atoms with Gasteiger partial charge < -0.3 is 5.73 Å². The summed E-state index contributed by atoms with van der Waals surface area (Å²) in [6.45, 7) is 2.00. The van der Waals surface area contributed by atoms with Crippen LogP contribution in [0.5, 0.6) is 0 Å². The summed E-state index contributed by atoms with van der Waals surface area (Å²) in [7, 11) is -3.34. The zero-order valence-corrected chi connectivity index (χ0v) is 9.83. The molecule has 1 atom stereocenters. The van der Waals surface area contributed by atoms with Crippen LogP contribution in [0.15, 0.2) is 0 Å². The molecular formula is C8H16N2O2S2. The molecular weight excluding hydrogens is 220 g/mol. The summed E-state index contributed by atoms with van der Waals surface area (Å²) < 4.78 is 25.5. The van der Waals surface area contributed by atoms with E-state index in [1.807, 2.05) is 0 Å². The quantitative estimate of drug-likeness (QED) is 0.654. The first-order valence-electron chi connectivity index (χ1n) is 4.71. The third-order valence-corrected chi connectivity index (χ3v) is 4.71. The SMILES string of the molecule is CC(C(N)=S)S(=O)(=O)NCCC1CC1. The minimum atomic E-state index is -3.34. The fourth-order valence-electron chi connectivity index (χ4n) is 1.09. The highest BCUT2D eigenvalue weighted by Gasteiger charge is 2.25. The van der Waals surface area contributed by atoms with Crippen molar-refractivity contribution in [2.24, 2.45) is 11.7 Å². The molecule has 0 saturated heterocycles. The topological polar surface area (TPSA) is 72.2 Å². The van der Waals surface area contributed by atoms with Gasteiger partial charge in [-0.25, -0.2) is 13.1 Å². The van der Waals surface area contributed by atoms with E-state index in [-0.39, 0.29) is 4.99 Å². The van der Waals surface area contributed by atoms with Crippen LogP contribution < -0.4 is 10.5 Å². The molecule has 0 heterocycles. The van der Waals surface area contributed by atoms with E-state index in [0.29, 0.717) is 6.54 Å². The van der Waals surface area contributed by atoms with Crippen LogP contribution in [0.25, 0.3) is 0 Å². The first-order valence-corrected chi connectivity index (χ1v) is 6.66. The molecule has 1 rings (SSSR count). The van der Waals surface area contributed by atoms with Gasteiger partial charge in [-0.15, -0.1) is 0 Å². The summed E-state index contributed by atoms with van der Waals surface area (Å²) in [5.41, 5.74) is 5.28. The highest BCUT2D eigenvalue weighted by Crippen LogP contribution is 2.31. The van der Waals surface area contributed by atoms with Crippen LogP contribution in [0.3, 0.4) is 0 Å². The summed E-state index contributed by atoms with van der Waals surface area (Å²) in [5, 5.41) is -0.781. The Morgan fingerprint density at radius 1 is 1.64 bits per heavy atom. The van der Waals surface area contributed by atoms with Crippen molar-refractivity contribution in [3.8, 4) is 0 Å². The van der Waals surface area contributed by atoms with E-state index >= 15 is 0 Å². The van der Waals surface area contributed by atoms with Gasteiger partial charge in [0.15, 0.2) is 0 Å². The number of hydrogen-bond acceptors (Lipinski definition) is 3. The molecule has 0 radical (unpaired) electrons. The summed E-state index contributed by atoms with van der Waals surface area (Å²) in [4.78, 5) is 0.0175. The Hall–Kier alpha value is -0.200. The highest BCUT2D eigenvalue weighted by molar-refractivity contribution is 7.93. The maximum Gasteiger partial charge on any atom is 0.220 e. The summed E-state index contributed by atoms with van der Waals surface area (Å²) in [6.07, 6.45) is 3.38. The lowest BCUT2D eigenvalue weighted by Gasteiger charge is -2.11. The van der Waals surface area contributed by atoms with Gasteiger partial charge in [0.05, 0.1) is 4.99 Å². The van der Waals surface area contributed by atoms with Crippen molar-refractivity contribution < 1.29 is 8.42 Å². The van der Waals surface area contributed by atoms with E-state index in [4.69, 9.17) is 5.73 Å². The van der Waals surface area contributed by atoms with Crippen molar-refractivity contribution >= 4 is 27.2 Å².